The first kappa shape index (κ1) is 16.2. The molecule has 0 aromatic rings. The van der Waals surface area contributed by atoms with E-state index in [1.807, 2.05) is 27.7 Å². The minimum atomic E-state index is -3.59. The van der Waals surface area contributed by atoms with Crippen molar-refractivity contribution < 1.29 is 22.1 Å². The van der Waals surface area contributed by atoms with Gasteiger partial charge in [-0.2, -0.15) is 8.42 Å². The van der Waals surface area contributed by atoms with Crippen LogP contribution in [0.2, 0.25) is 0 Å². The summed E-state index contributed by atoms with van der Waals surface area (Å²) in [4.78, 5) is 12.6. The van der Waals surface area contributed by atoms with Crippen LogP contribution >= 0.6 is 0 Å². The highest BCUT2D eigenvalue weighted by atomic mass is 32.2. The minimum Gasteiger partial charge on any atom is -0.465 e. The van der Waals surface area contributed by atoms with E-state index in [-0.39, 0.29) is 35.6 Å². The number of ether oxygens (including phenoxy) is 1. The first-order chi connectivity index (χ1) is 10.1. The molecular weight excluding hydrogens is 304 g/mol. The van der Waals surface area contributed by atoms with Gasteiger partial charge in [-0.3, -0.25) is 8.98 Å². The molecule has 6 unspecified atom stereocenters. The fourth-order valence-corrected chi connectivity index (χ4v) is 7.63. The van der Waals surface area contributed by atoms with Crippen molar-refractivity contribution in [2.24, 2.45) is 35.5 Å². The quantitative estimate of drug-likeness (QED) is 0.584. The number of rotatable bonds is 4. The molecule has 0 radical (unpaired) electrons. The van der Waals surface area contributed by atoms with E-state index in [2.05, 4.69) is 0 Å². The van der Waals surface area contributed by atoms with Gasteiger partial charge in [0.05, 0.1) is 17.8 Å². The lowest BCUT2D eigenvalue weighted by atomic mass is 9.68. The second-order valence-corrected chi connectivity index (χ2v) is 9.75. The van der Waals surface area contributed by atoms with Crippen LogP contribution in [0.25, 0.3) is 0 Å². The fourth-order valence-electron chi connectivity index (χ4n) is 5.10. The number of hydrogen-bond donors (Lipinski definition) is 0. The van der Waals surface area contributed by atoms with Gasteiger partial charge in [0.1, 0.15) is 5.60 Å². The number of fused-ring (bicyclic) bond motifs is 1. The van der Waals surface area contributed by atoms with Crippen molar-refractivity contribution in [1.29, 1.82) is 0 Å². The van der Waals surface area contributed by atoms with Gasteiger partial charge in [-0.25, -0.2) is 0 Å². The lowest BCUT2D eigenvalue weighted by Crippen LogP contribution is -2.49. The van der Waals surface area contributed by atoms with Crippen LogP contribution < -0.4 is 0 Å². The molecule has 2 aliphatic carbocycles. The summed E-state index contributed by atoms with van der Waals surface area (Å²) in [7, 11) is -3.59. The molecule has 6 atom stereocenters. The van der Waals surface area contributed by atoms with Gasteiger partial charge in [-0.15, -0.1) is 0 Å². The molecule has 3 rings (SSSR count). The largest absolute Gasteiger partial charge is 0.465 e. The van der Waals surface area contributed by atoms with Crippen molar-refractivity contribution >= 4 is 16.1 Å². The van der Waals surface area contributed by atoms with Crippen LogP contribution in [0.4, 0.5) is 0 Å². The maximum Gasteiger partial charge on any atom is 0.312 e. The van der Waals surface area contributed by atoms with E-state index in [0.717, 1.165) is 6.42 Å². The number of carbonyl (C=O) groups excluding carboxylic acids is 1. The SMILES string of the molecule is CC(C)COC(=O)C1C2CC3C(C2C(C)C)S(=O)(=O)OC31C. The zero-order valence-electron chi connectivity index (χ0n) is 13.9. The van der Waals surface area contributed by atoms with Crippen LogP contribution in [0.15, 0.2) is 0 Å². The van der Waals surface area contributed by atoms with Crippen molar-refractivity contribution in [3.63, 3.8) is 0 Å². The van der Waals surface area contributed by atoms with E-state index in [0.29, 0.717) is 6.61 Å². The third-order valence-corrected chi connectivity index (χ3v) is 7.69. The molecular formula is C16H26O5S. The Morgan fingerprint density at radius 2 is 1.95 bits per heavy atom. The summed E-state index contributed by atoms with van der Waals surface area (Å²) in [5.74, 6) is -0.314. The summed E-state index contributed by atoms with van der Waals surface area (Å²) < 4.78 is 35.9. The third kappa shape index (κ3) is 2.06. The molecule has 2 saturated carbocycles. The molecule has 2 bridgehead atoms. The molecule has 3 fully saturated rings. The molecule has 0 N–H and O–H groups in total. The number of esters is 1. The van der Waals surface area contributed by atoms with Gasteiger partial charge in [-0.1, -0.05) is 27.7 Å². The van der Waals surface area contributed by atoms with E-state index in [4.69, 9.17) is 8.92 Å². The van der Waals surface area contributed by atoms with Crippen molar-refractivity contribution in [3.8, 4) is 0 Å². The molecule has 1 aliphatic heterocycles. The smallest absolute Gasteiger partial charge is 0.312 e. The van der Waals surface area contributed by atoms with Crippen molar-refractivity contribution in [3.05, 3.63) is 0 Å². The second kappa shape index (κ2) is 4.94. The average Bonchev–Trinajstić information content (AvgIpc) is 2.91. The van der Waals surface area contributed by atoms with E-state index in [1.54, 1.807) is 6.92 Å². The van der Waals surface area contributed by atoms with Gasteiger partial charge in [0.15, 0.2) is 0 Å². The molecule has 0 amide bonds. The van der Waals surface area contributed by atoms with Crippen LogP contribution in [0.5, 0.6) is 0 Å². The Labute approximate surface area is 132 Å². The maximum atomic E-state index is 12.6. The highest BCUT2D eigenvalue weighted by molar-refractivity contribution is 7.87. The van der Waals surface area contributed by atoms with Crippen LogP contribution in [-0.2, 0) is 23.8 Å². The van der Waals surface area contributed by atoms with Crippen LogP contribution in [0.1, 0.15) is 41.0 Å². The minimum absolute atomic E-state index is 0.0119. The summed E-state index contributed by atoms with van der Waals surface area (Å²) in [6, 6.07) is 0. The van der Waals surface area contributed by atoms with Crippen LogP contribution in [-0.4, -0.2) is 31.8 Å². The Morgan fingerprint density at radius 3 is 2.50 bits per heavy atom. The van der Waals surface area contributed by atoms with E-state index < -0.39 is 26.9 Å². The zero-order valence-corrected chi connectivity index (χ0v) is 14.7. The topological polar surface area (TPSA) is 69.7 Å². The Morgan fingerprint density at radius 1 is 1.32 bits per heavy atom. The van der Waals surface area contributed by atoms with Gasteiger partial charge in [0, 0.05) is 5.92 Å². The molecule has 0 spiro atoms. The van der Waals surface area contributed by atoms with Crippen molar-refractivity contribution in [2.45, 2.75) is 51.9 Å². The number of hydrogen-bond acceptors (Lipinski definition) is 5. The van der Waals surface area contributed by atoms with E-state index in [1.165, 1.54) is 0 Å². The molecule has 6 heteroatoms. The predicted molar refractivity (Wildman–Crippen MR) is 81.4 cm³/mol. The Bertz CT molecular complexity index is 581. The average molecular weight is 330 g/mol. The van der Waals surface area contributed by atoms with E-state index in [9.17, 15) is 13.2 Å². The highest BCUT2D eigenvalue weighted by Crippen LogP contribution is 2.67. The molecule has 126 valence electrons. The number of carbonyl (C=O) groups is 1. The molecule has 5 nitrogen and oxygen atoms in total. The van der Waals surface area contributed by atoms with Gasteiger partial charge in [0.25, 0.3) is 10.1 Å². The first-order valence-corrected chi connectivity index (χ1v) is 9.67. The second-order valence-electron chi connectivity index (χ2n) is 8.05. The van der Waals surface area contributed by atoms with Gasteiger partial charge in [-0.05, 0) is 37.0 Å². The Balaban J connectivity index is 1.95. The molecule has 3 aliphatic rings. The standard InChI is InChI=1S/C16H26O5S/c1-8(2)7-20-15(17)13-10-6-11-14(12(10)9(3)4)22(18,19)21-16(11,13)5/h8-14H,6-7H2,1-5H3. The van der Waals surface area contributed by atoms with Gasteiger partial charge >= 0.3 is 5.97 Å². The molecule has 22 heavy (non-hydrogen) atoms. The maximum absolute atomic E-state index is 12.6. The summed E-state index contributed by atoms with van der Waals surface area (Å²) in [6.07, 6.45) is 0.755. The Kier molecular flexibility index (Phi) is 3.64. The summed E-state index contributed by atoms with van der Waals surface area (Å²) in [5.41, 5.74) is -0.909. The molecule has 0 aromatic heterocycles. The highest BCUT2D eigenvalue weighted by Gasteiger charge is 2.76. The van der Waals surface area contributed by atoms with Crippen molar-refractivity contribution in [2.75, 3.05) is 6.61 Å². The van der Waals surface area contributed by atoms with E-state index >= 15 is 0 Å². The Hall–Kier alpha value is -0.620. The first-order valence-electron chi connectivity index (χ1n) is 8.20. The predicted octanol–water partition coefficient (Wildman–Crippen LogP) is 2.21. The lowest BCUT2D eigenvalue weighted by molar-refractivity contribution is -0.160. The van der Waals surface area contributed by atoms with Crippen molar-refractivity contribution in [1.82, 2.24) is 0 Å². The molecule has 0 aromatic carbocycles. The monoisotopic (exact) mass is 330 g/mol. The summed E-state index contributed by atoms with van der Waals surface area (Å²) in [6.45, 7) is 10.2. The lowest BCUT2D eigenvalue weighted by Gasteiger charge is -2.38. The van der Waals surface area contributed by atoms with Gasteiger partial charge < -0.3 is 4.74 Å². The molecule has 1 saturated heterocycles. The zero-order chi connectivity index (χ0) is 16.4. The fraction of sp³-hybridized carbons (Fsp3) is 0.938. The van der Waals surface area contributed by atoms with Crippen LogP contribution in [0, 0.1) is 35.5 Å². The van der Waals surface area contributed by atoms with Gasteiger partial charge in [0.2, 0.25) is 0 Å². The third-order valence-electron chi connectivity index (χ3n) is 5.79. The normalized spacial score (nSPS) is 45.0. The van der Waals surface area contributed by atoms with Crippen LogP contribution in [0.3, 0.4) is 0 Å². The summed E-state index contributed by atoms with van der Waals surface area (Å²) in [5, 5.41) is -0.448. The summed E-state index contributed by atoms with van der Waals surface area (Å²) >= 11 is 0. The molecule has 1 heterocycles.